The van der Waals surface area contributed by atoms with Gasteiger partial charge in [0.05, 0.1) is 17.7 Å². The van der Waals surface area contributed by atoms with Crippen LogP contribution in [-0.4, -0.2) is 17.4 Å². The molecule has 8 heteroatoms. The van der Waals surface area contributed by atoms with Gasteiger partial charge in [-0.2, -0.15) is 13.2 Å². The number of alkyl halides is 3. The molecule has 0 radical (unpaired) electrons. The topological polar surface area (TPSA) is 54.0 Å². The number of hydrogen-bond acceptors (Lipinski definition) is 4. The average Bonchev–Trinajstić information content (AvgIpc) is 2.91. The summed E-state index contributed by atoms with van der Waals surface area (Å²) in [5, 5.41) is 7.55. The molecule has 1 amide bonds. The highest BCUT2D eigenvalue weighted by molar-refractivity contribution is 7.13. The smallest absolute Gasteiger partial charge is 0.352 e. The fourth-order valence-electron chi connectivity index (χ4n) is 1.76. The first-order valence-electron chi connectivity index (χ1n) is 6.65. The Kier molecular flexibility index (Phi) is 5.38. The standard InChI is InChI=1S/C15H14F3N3OS/c1-2-6-19-13(22)8-12-9-23-14(21-12)20-11-5-3-4-10(7-11)15(16,17)18/h2-5,7,9H,1,6,8H2,(H,19,22)(H,20,21). The zero-order valence-electron chi connectivity index (χ0n) is 12.0. The lowest BCUT2D eigenvalue weighted by Crippen LogP contribution is -2.25. The summed E-state index contributed by atoms with van der Waals surface area (Å²) in [6.07, 6.45) is -2.72. The van der Waals surface area contributed by atoms with Crippen molar-refractivity contribution in [2.75, 3.05) is 11.9 Å². The van der Waals surface area contributed by atoms with Gasteiger partial charge in [-0.25, -0.2) is 4.98 Å². The second kappa shape index (κ2) is 7.28. The van der Waals surface area contributed by atoms with Crippen LogP contribution in [0.1, 0.15) is 11.3 Å². The van der Waals surface area contributed by atoms with Gasteiger partial charge >= 0.3 is 6.18 Å². The van der Waals surface area contributed by atoms with Gasteiger partial charge in [-0.1, -0.05) is 12.1 Å². The van der Waals surface area contributed by atoms with E-state index in [4.69, 9.17) is 0 Å². The first kappa shape index (κ1) is 17.0. The van der Waals surface area contributed by atoms with Gasteiger partial charge in [0.25, 0.3) is 0 Å². The molecular formula is C15H14F3N3OS. The van der Waals surface area contributed by atoms with Crippen molar-refractivity contribution < 1.29 is 18.0 Å². The van der Waals surface area contributed by atoms with Crippen molar-refractivity contribution in [1.29, 1.82) is 0 Å². The quantitative estimate of drug-likeness (QED) is 0.787. The van der Waals surface area contributed by atoms with E-state index in [1.165, 1.54) is 23.5 Å². The molecular weight excluding hydrogens is 327 g/mol. The number of benzene rings is 1. The van der Waals surface area contributed by atoms with Gasteiger partial charge in [0.1, 0.15) is 0 Å². The fourth-order valence-corrected chi connectivity index (χ4v) is 2.49. The van der Waals surface area contributed by atoms with E-state index < -0.39 is 11.7 Å². The van der Waals surface area contributed by atoms with Crippen LogP contribution in [0.2, 0.25) is 0 Å². The SMILES string of the molecule is C=CCNC(=O)Cc1csc(Nc2cccc(C(F)(F)F)c2)n1. The van der Waals surface area contributed by atoms with Gasteiger partial charge in [0, 0.05) is 17.6 Å². The molecule has 2 aromatic rings. The van der Waals surface area contributed by atoms with Crippen LogP contribution in [0.25, 0.3) is 0 Å². The Bertz CT molecular complexity index is 697. The van der Waals surface area contributed by atoms with Gasteiger partial charge in [-0.15, -0.1) is 17.9 Å². The first-order valence-corrected chi connectivity index (χ1v) is 7.52. The highest BCUT2D eigenvalue weighted by Gasteiger charge is 2.30. The van der Waals surface area contributed by atoms with Gasteiger partial charge in [0.2, 0.25) is 5.91 Å². The molecule has 0 spiro atoms. The highest BCUT2D eigenvalue weighted by Crippen LogP contribution is 2.31. The maximum Gasteiger partial charge on any atom is 0.416 e. The van der Waals surface area contributed by atoms with E-state index in [1.807, 2.05) is 0 Å². The van der Waals surface area contributed by atoms with Crippen molar-refractivity contribution in [3.05, 3.63) is 53.6 Å². The summed E-state index contributed by atoms with van der Waals surface area (Å²) in [5.41, 5.74) is 0.103. The summed E-state index contributed by atoms with van der Waals surface area (Å²) in [6, 6.07) is 4.86. The van der Waals surface area contributed by atoms with Gasteiger partial charge < -0.3 is 10.6 Å². The van der Waals surface area contributed by atoms with E-state index in [-0.39, 0.29) is 18.0 Å². The largest absolute Gasteiger partial charge is 0.416 e. The number of amides is 1. The number of thiazole rings is 1. The number of anilines is 2. The molecule has 2 N–H and O–H groups in total. The summed E-state index contributed by atoms with van der Waals surface area (Å²) in [5.74, 6) is -0.194. The van der Waals surface area contributed by atoms with E-state index in [2.05, 4.69) is 22.2 Å². The molecule has 0 atom stereocenters. The molecule has 0 bridgehead atoms. The second-order valence-corrected chi connectivity index (χ2v) is 5.48. The van der Waals surface area contributed by atoms with Crippen LogP contribution >= 0.6 is 11.3 Å². The minimum absolute atomic E-state index is 0.106. The number of halogens is 3. The molecule has 0 aliphatic heterocycles. The van der Waals surface area contributed by atoms with E-state index >= 15 is 0 Å². The third-order valence-corrected chi connectivity index (χ3v) is 3.58. The summed E-state index contributed by atoms with van der Waals surface area (Å²) < 4.78 is 38.0. The third-order valence-electron chi connectivity index (χ3n) is 2.78. The molecule has 0 saturated heterocycles. The van der Waals surface area contributed by atoms with Crippen LogP contribution in [0, 0.1) is 0 Å². The Morgan fingerprint density at radius 2 is 2.17 bits per heavy atom. The van der Waals surface area contributed by atoms with Crippen molar-refractivity contribution >= 4 is 28.1 Å². The van der Waals surface area contributed by atoms with Crippen molar-refractivity contribution in [3.8, 4) is 0 Å². The van der Waals surface area contributed by atoms with Gasteiger partial charge in [0.15, 0.2) is 5.13 Å². The number of nitrogens with one attached hydrogen (secondary N) is 2. The molecule has 122 valence electrons. The number of rotatable bonds is 6. The lowest BCUT2D eigenvalue weighted by atomic mass is 10.2. The second-order valence-electron chi connectivity index (χ2n) is 4.62. The van der Waals surface area contributed by atoms with Crippen LogP contribution in [0.15, 0.2) is 42.3 Å². The Balaban J connectivity index is 2.02. The Labute approximate surface area is 135 Å². The Morgan fingerprint density at radius 3 is 2.87 bits per heavy atom. The van der Waals surface area contributed by atoms with E-state index in [9.17, 15) is 18.0 Å². The number of carbonyl (C=O) groups excluding carboxylic acids is 1. The molecule has 0 fully saturated rings. The molecule has 0 aliphatic rings. The Hall–Kier alpha value is -2.35. The summed E-state index contributed by atoms with van der Waals surface area (Å²) in [7, 11) is 0. The average molecular weight is 341 g/mol. The predicted octanol–water partition coefficient (Wildman–Crippen LogP) is 3.75. The molecule has 1 aromatic heterocycles. The van der Waals surface area contributed by atoms with Crippen molar-refractivity contribution in [3.63, 3.8) is 0 Å². The van der Waals surface area contributed by atoms with E-state index in [0.717, 1.165) is 12.1 Å². The zero-order chi connectivity index (χ0) is 16.9. The van der Waals surface area contributed by atoms with Crippen LogP contribution in [0.4, 0.5) is 24.0 Å². The Morgan fingerprint density at radius 1 is 1.39 bits per heavy atom. The molecule has 23 heavy (non-hydrogen) atoms. The normalized spacial score (nSPS) is 11.1. The minimum Gasteiger partial charge on any atom is -0.352 e. The van der Waals surface area contributed by atoms with Crippen LogP contribution in [0.5, 0.6) is 0 Å². The zero-order valence-corrected chi connectivity index (χ0v) is 12.8. The molecule has 0 aliphatic carbocycles. The maximum absolute atomic E-state index is 12.7. The molecule has 0 unspecified atom stereocenters. The molecule has 2 rings (SSSR count). The summed E-state index contributed by atoms with van der Waals surface area (Å²) in [4.78, 5) is 15.7. The number of nitrogens with zero attached hydrogens (tertiary/aromatic N) is 1. The molecule has 1 aromatic carbocycles. The summed E-state index contributed by atoms with van der Waals surface area (Å²) >= 11 is 1.22. The molecule has 1 heterocycles. The minimum atomic E-state index is -4.39. The van der Waals surface area contributed by atoms with Crippen molar-refractivity contribution in [2.24, 2.45) is 0 Å². The number of aromatic nitrogens is 1. The molecule has 0 saturated carbocycles. The predicted molar refractivity (Wildman–Crippen MR) is 83.8 cm³/mol. The monoisotopic (exact) mass is 341 g/mol. The first-order chi connectivity index (χ1) is 10.9. The summed E-state index contributed by atoms with van der Waals surface area (Å²) in [6.45, 7) is 3.87. The van der Waals surface area contributed by atoms with Crippen LogP contribution < -0.4 is 10.6 Å². The molecule has 4 nitrogen and oxygen atoms in total. The van der Waals surface area contributed by atoms with Crippen molar-refractivity contribution in [1.82, 2.24) is 10.3 Å². The van der Waals surface area contributed by atoms with Crippen LogP contribution in [0.3, 0.4) is 0 Å². The number of hydrogen-bond donors (Lipinski definition) is 2. The van der Waals surface area contributed by atoms with E-state index in [0.29, 0.717) is 17.4 Å². The lowest BCUT2D eigenvalue weighted by Gasteiger charge is -2.08. The third kappa shape index (κ3) is 5.10. The maximum atomic E-state index is 12.7. The van der Waals surface area contributed by atoms with Gasteiger partial charge in [-0.05, 0) is 18.2 Å². The van der Waals surface area contributed by atoms with Crippen LogP contribution in [-0.2, 0) is 17.4 Å². The lowest BCUT2D eigenvalue weighted by molar-refractivity contribution is -0.137. The number of carbonyl (C=O) groups is 1. The highest BCUT2D eigenvalue weighted by atomic mass is 32.1. The van der Waals surface area contributed by atoms with Gasteiger partial charge in [-0.3, -0.25) is 4.79 Å². The fraction of sp³-hybridized carbons (Fsp3) is 0.200. The van der Waals surface area contributed by atoms with Crippen molar-refractivity contribution in [2.45, 2.75) is 12.6 Å². The van der Waals surface area contributed by atoms with E-state index in [1.54, 1.807) is 11.5 Å².